The van der Waals surface area contributed by atoms with Crippen molar-refractivity contribution in [1.29, 1.82) is 0 Å². The van der Waals surface area contributed by atoms with E-state index in [-0.39, 0.29) is 34.6 Å². The molecule has 1 aliphatic heterocycles. The van der Waals surface area contributed by atoms with E-state index in [1.165, 1.54) is 12.1 Å². The predicted molar refractivity (Wildman–Crippen MR) is 142 cm³/mol. The molecule has 0 saturated carbocycles. The number of phenolic OH excluding ortho intramolecular Hbond substituents is 1. The van der Waals surface area contributed by atoms with Crippen LogP contribution in [0.15, 0.2) is 30.5 Å². The summed E-state index contributed by atoms with van der Waals surface area (Å²) in [5, 5.41) is 22.6. The number of phenols is 1. The van der Waals surface area contributed by atoms with Crippen molar-refractivity contribution in [2.75, 3.05) is 18.0 Å². The molecule has 0 radical (unpaired) electrons. The molecule has 194 valence electrons. The van der Waals surface area contributed by atoms with E-state index in [0.717, 1.165) is 6.42 Å². The van der Waals surface area contributed by atoms with Crippen molar-refractivity contribution in [2.24, 2.45) is 5.92 Å². The number of halogens is 2. The van der Waals surface area contributed by atoms with Crippen molar-refractivity contribution in [3.63, 3.8) is 0 Å². The maximum absolute atomic E-state index is 16.3. The molecule has 37 heavy (non-hydrogen) atoms. The van der Waals surface area contributed by atoms with Gasteiger partial charge in [-0.15, -0.1) is 0 Å². The summed E-state index contributed by atoms with van der Waals surface area (Å²) < 4.78 is 31.1. The molecule has 2 N–H and O–H groups in total. The number of fused-ring (bicyclic) bond motifs is 2. The van der Waals surface area contributed by atoms with Gasteiger partial charge in [0.05, 0.1) is 11.0 Å². The lowest BCUT2D eigenvalue weighted by atomic mass is 9.90. The first-order valence-corrected chi connectivity index (χ1v) is 12.8. The molecule has 6 nitrogen and oxygen atoms in total. The highest BCUT2D eigenvalue weighted by Crippen LogP contribution is 2.40. The van der Waals surface area contributed by atoms with Gasteiger partial charge in [0.25, 0.3) is 0 Å². The number of aliphatic hydroxyl groups is 1. The lowest BCUT2D eigenvalue weighted by Gasteiger charge is -2.26. The first-order chi connectivity index (χ1) is 17.5. The van der Waals surface area contributed by atoms with Crippen LogP contribution in [0.4, 0.5) is 14.6 Å². The lowest BCUT2D eigenvalue weighted by molar-refractivity contribution is 0.0263. The van der Waals surface area contributed by atoms with Crippen LogP contribution in [-0.4, -0.2) is 43.9 Å². The number of aromatic nitrogens is 3. The number of aromatic hydroxyl groups is 1. The molecule has 0 unspecified atom stereocenters. The molecule has 5 rings (SSSR count). The zero-order chi connectivity index (χ0) is 26.6. The normalized spacial score (nSPS) is 16.5. The second-order valence-electron chi connectivity index (χ2n) is 10.8. The summed E-state index contributed by atoms with van der Waals surface area (Å²) in [4.78, 5) is 15.9. The van der Waals surface area contributed by atoms with Crippen LogP contribution >= 0.6 is 0 Å². The Hall–Kier alpha value is -3.39. The van der Waals surface area contributed by atoms with Crippen molar-refractivity contribution in [3.8, 4) is 17.0 Å². The fraction of sp³-hybridized carbons (Fsp3) is 0.414. The van der Waals surface area contributed by atoms with Crippen molar-refractivity contribution >= 4 is 27.5 Å². The molecule has 2 aromatic carbocycles. The molecule has 0 bridgehead atoms. The maximum Gasteiger partial charge on any atom is 0.175 e. The molecule has 1 saturated heterocycles. The lowest BCUT2D eigenvalue weighted by Crippen LogP contribution is -2.33. The summed E-state index contributed by atoms with van der Waals surface area (Å²) in [6.45, 7) is 10.6. The largest absolute Gasteiger partial charge is 0.508 e. The predicted octanol–water partition coefficient (Wildman–Crippen LogP) is 6.11. The third kappa shape index (κ3) is 4.37. The van der Waals surface area contributed by atoms with E-state index in [2.05, 4.69) is 14.9 Å². The van der Waals surface area contributed by atoms with E-state index in [1.807, 2.05) is 20.8 Å². The third-order valence-electron chi connectivity index (χ3n) is 7.45. The number of hydrogen-bond acceptors (Lipinski definition) is 6. The fourth-order valence-corrected chi connectivity index (χ4v) is 5.31. The summed E-state index contributed by atoms with van der Waals surface area (Å²) in [6, 6.07) is 5.91. The number of rotatable bonds is 5. The van der Waals surface area contributed by atoms with Gasteiger partial charge in [0.2, 0.25) is 0 Å². The fourth-order valence-electron chi connectivity index (χ4n) is 5.31. The summed E-state index contributed by atoms with van der Waals surface area (Å²) in [5.41, 5.74) is 0.0628. The van der Waals surface area contributed by atoms with Gasteiger partial charge in [0, 0.05) is 36.7 Å². The number of hydrogen-bond donors (Lipinski definition) is 2. The van der Waals surface area contributed by atoms with Gasteiger partial charge in [-0.3, -0.25) is 4.98 Å². The van der Waals surface area contributed by atoms with Gasteiger partial charge in [-0.2, -0.15) is 0 Å². The third-order valence-corrected chi connectivity index (χ3v) is 7.45. The van der Waals surface area contributed by atoms with E-state index in [4.69, 9.17) is 4.98 Å². The minimum Gasteiger partial charge on any atom is -0.508 e. The van der Waals surface area contributed by atoms with Gasteiger partial charge >= 0.3 is 0 Å². The highest BCUT2D eigenvalue weighted by molar-refractivity contribution is 6.01. The van der Waals surface area contributed by atoms with E-state index in [0.29, 0.717) is 58.4 Å². The summed E-state index contributed by atoms with van der Waals surface area (Å²) >= 11 is 0. The number of anilines is 1. The molecule has 0 spiro atoms. The van der Waals surface area contributed by atoms with Crippen LogP contribution in [0.1, 0.15) is 58.3 Å². The second kappa shape index (κ2) is 9.17. The topological polar surface area (TPSA) is 82.4 Å². The molecule has 1 aliphatic rings. The van der Waals surface area contributed by atoms with Gasteiger partial charge in [-0.05, 0) is 61.2 Å². The Bertz CT molecular complexity index is 1510. The van der Waals surface area contributed by atoms with E-state index >= 15 is 4.39 Å². The molecule has 0 aliphatic carbocycles. The van der Waals surface area contributed by atoms with Crippen molar-refractivity contribution < 1.29 is 19.0 Å². The Morgan fingerprint density at radius 2 is 1.92 bits per heavy atom. The van der Waals surface area contributed by atoms with Gasteiger partial charge in [-0.25, -0.2) is 18.7 Å². The van der Waals surface area contributed by atoms with Crippen LogP contribution in [0.3, 0.4) is 0 Å². The SMILES string of the molecule is CCc1c(F)ccc2cc(O)cc(-c3ncc4c(N5CC[C@@H](C(C)(C)O)C5)nc(C(C)C)nc4c3F)c12. The number of aryl methyl sites for hydroxylation is 1. The first kappa shape index (κ1) is 25.3. The average Bonchev–Trinajstić information content (AvgIpc) is 3.34. The van der Waals surface area contributed by atoms with E-state index in [1.54, 1.807) is 32.2 Å². The second-order valence-corrected chi connectivity index (χ2v) is 10.8. The molecule has 1 atom stereocenters. The minimum atomic E-state index is -0.836. The highest BCUT2D eigenvalue weighted by Gasteiger charge is 2.35. The van der Waals surface area contributed by atoms with Crippen LogP contribution in [-0.2, 0) is 6.42 Å². The Labute approximate surface area is 215 Å². The number of nitrogens with zero attached hydrogens (tertiary/aromatic N) is 4. The van der Waals surface area contributed by atoms with Crippen LogP contribution in [0.5, 0.6) is 5.75 Å². The van der Waals surface area contributed by atoms with Crippen LogP contribution < -0.4 is 4.90 Å². The average molecular weight is 507 g/mol. The molecule has 1 fully saturated rings. The Kier molecular flexibility index (Phi) is 6.26. The van der Waals surface area contributed by atoms with E-state index in [9.17, 15) is 14.6 Å². The van der Waals surface area contributed by atoms with E-state index < -0.39 is 11.4 Å². The number of benzene rings is 2. The van der Waals surface area contributed by atoms with Gasteiger partial charge in [0.15, 0.2) is 5.82 Å². The summed E-state index contributed by atoms with van der Waals surface area (Å²) in [7, 11) is 0. The molecular weight excluding hydrogens is 474 g/mol. The van der Waals surface area contributed by atoms with Gasteiger partial charge in [-0.1, -0.05) is 26.8 Å². The zero-order valence-electron chi connectivity index (χ0n) is 21.8. The Balaban J connectivity index is 1.75. The van der Waals surface area contributed by atoms with Crippen molar-refractivity contribution in [3.05, 3.63) is 53.5 Å². The standard InChI is InChI=1S/C29H32F2N4O2/c1-6-19-22(30)8-7-16-11-18(36)12-20(23(16)19)25-24(31)26-21(13-32-25)28(34-27(33-26)15(2)3)35-10-9-17(14-35)29(4,5)37/h7-8,11-13,15,17,36-37H,6,9-10,14H2,1-5H3/t17-/m1/s1. The Morgan fingerprint density at radius 3 is 2.57 bits per heavy atom. The van der Waals surface area contributed by atoms with Crippen LogP contribution in [0.25, 0.3) is 32.9 Å². The number of pyridine rings is 1. The summed E-state index contributed by atoms with van der Waals surface area (Å²) in [6.07, 6.45) is 2.75. The molecule has 2 aromatic heterocycles. The Morgan fingerprint density at radius 1 is 1.16 bits per heavy atom. The van der Waals surface area contributed by atoms with Crippen LogP contribution in [0, 0.1) is 17.6 Å². The maximum atomic E-state index is 16.3. The molecule has 3 heterocycles. The molecule has 0 amide bonds. The van der Waals surface area contributed by atoms with Crippen LogP contribution in [0.2, 0.25) is 0 Å². The first-order valence-electron chi connectivity index (χ1n) is 12.8. The molecule has 4 aromatic rings. The highest BCUT2D eigenvalue weighted by atomic mass is 19.1. The minimum absolute atomic E-state index is 0.00356. The summed E-state index contributed by atoms with van der Waals surface area (Å²) in [5.74, 6) is 0.0290. The molecule has 8 heteroatoms. The van der Waals surface area contributed by atoms with Gasteiger partial charge < -0.3 is 15.1 Å². The quantitative estimate of drug-likeness (QED) is 0.340. The van der Waals surface area contributed by atoms with Gasteiger partial charge in [0.1, 0.15) is 34.4 Å². The monoisotopic (exact) mass is 506 g/mol. The smallest absolute Gasteiger partial charge is 0.175 e. The zero-order valence-corrected chi connectivity index (χ0v) is 21.8. The van der Waals surface area contributed by atoms with Crippen molar-refractivity contribution in [2.45, 2.75) is 59.0 Å². The van der Waals surface area contributed by atoms with Crippen molar-refractivity contribution in [1.82, 2.24) is 15.0 Å². The molecular formula is C29H32F2N4O2.